The van der Waals surface area contributed by atoms with Gasteiger partial charge in [-0.3, -0.25) is 10.1 Å². The van der Waals surface area contributed by atoms with Crippen LogP contribution in [0.4, 0.5) is 5.69 Å². The quantitative estimate of drug-likeness (QED) is 0.583. The van der Waals surface area contributed by atoms with E-state index in [9.17, 15) is 10.1 Å². The Hall–Kier alpha value is -2.24. The van der Waals surface area contributed by atoms with Crippen molar-refractivity contribution in [2.75, 3.05) is 0 Å². The van der Waals surface area contributed by atoms with Gasteiger partial charge in [0, 0.05) is 24.1 Å². The Morgan fingerprint density at radius 1 is 1.50 bits per heavy atom. The van der Waals surface area contributed by atoms with Gasteiger partial charge in [0.1, 0.15) is 0 Å². The Bertz CT molecular complexity index is 522. The van der Waals surface area contributed by atoms with E-state index in [1.165, 1.54) is 12.1 Å². The van der Waals surface area contributed by atoms with Gasteiger partial charge in [-0.25, -0.2) is 0 Å². The van der Waals surface area contributed by atoms with Gasteiger partial charge in [-0.2, -0.15) is 4.98 Å². The van der Waals surface area contributed by atoms with Crippen molar-refractivity contribution in [1.82, 2.24) is 10.1 Å². The van der Waals surface area contributed by atoms with E-state index in [1.807, 2.05) is 6.92 Å². The standard InChI is InChI=1S/C10H9N3O3/c1-2-9-11-10(12-16-9)7-4-3-5-8(6-7)13(14)15/h3-6H,2H2,1H3. The highest BCUT2D eigenvalue weighted by atomic mass is 16.6. The molecule has 6 nitrogen and oxygen atoms in total. The van der Waals surface area contributed by atoms with Crippen LogP contribution in [-0.2, 0) is 6.42 Å². The third kappa shape index (κ3) is 1.90. The number of non-ortho nitro benzene ring substituents is 1. The zero-order chi connectivity index (χ0) is 11.5. The van der Waals surface area contributed by atoms with E-state index < -0.39 is 4.92 Å². The maximum Gasteiger partial charge on any atom is 0.270 e. The molecule has 1 aromatic carbocycles. The highest BCUT2D eigenvalue weighted by molar-refractivity contribution is 5.58. The van der Waals surface area contributed by atoms with E-state index in [-0.39, 0.29) is 5.69 Å². The number of nitrogens with zero attached hydrogens (tertiary/aromatic N) is 3. The highest BCUT2D eigenvalue weighted by Gasteiger charge is 2.11. The zero-order valence-electron chi connectivity index (χ0n) is 8.58. The number of hydrogen-bond donors (Lipinski definition) is 0. The van der Waals surface area contributed by atoms with Gasteiger partial charge in [0.25, 0.3) is 5.69 Å². The van der Waals surface area contributed by atoms with Gasteiger partial charge in [-0.1, -0.05) is 24.2 Å². The second-order valence-electron chi connectivity index (χ2n) is 3.17. The molecule has 1 aromatic heterocycles. The van der Waals surface area contributed by atoms with E-state index in [1.54, 1.807) is 12.1 Å². The van der Waals surface area contributed by atoms with Gasteiger partial charge < -0.3 is 4.52 Å². The predicted molar refractivity (Wildman–Crippen MR) is 55.8 cm³/mol. The number of hydrogen-bond acceptors (Lipinski definition) is 5. The minimum Gasteiger partial charge on any atom is -0.339 e. The third-order valence-electron chi connectivity index (χ3n) is 2.09. The fourth-order valence-electron chi connectivity index (χ4n) is 1.27. The van der Waals surface area contributed by atoms with Crippen molar-refractivity contribution < 1.29 is 9.45 Å². The Morgan fingerprint density at radius 2 is 2.31 bits per heavy atom. The molecule has 0 unspecified atom stereocenters. The van der Waals surface area contributed by atoms with Crippen molar-refractivity contribution in [3.8, 4) is 11.4 Å². The van der Waals surface area contributed by atoms with Gasteiger partial charge >= 0.3 is 0 Å². The van der Waals surface area contributed by atoms with Crippen molar-refractivity contribution in [1.29, 1.82) is 0 Å². The van der Waals surface area contributed by atoms with Crippen LogP contribution in [0.15, 0.2) is 28.8 Å². The molecule has 2 aromatic rings. The van der Waals surface area contributed by atoms with Crippen molar-refractivity contribution in [3.63, 3.8) is 0 Å². The Kier molecular flexibility index (Phi) is 2.63. The van der Waals surface area contributed by atoms with E-state index in [0.29, 0.717) is 23.7 Å². The number of nitro groups is 1. The minimum atomic E-state index is -0.454. The first-order valence-electron chi connectivity index (χ1n) is 4.78. The normalized spacial score (nSPS) is 10.3. The Balaban J connectivity index is 2.40. The van der Waals surface area contributed by atoms with Crippen LogP contribution in [0.3, 0.4) is 0 Å². The van der Waals surface area contributed by atoms with Gasteiger partial charge in [-0.05, 0) is 0 Å². The smallest absolute Gasteiger partial charge is 0.270 e. The lowest BCUT2D eigenvalue weighted by Crippen LogP contribution is -1.89. The summed E-state index contributed by atoms with van der Waals surface area (Å²) in [6.07, 6.45) is 0.641. The monoisotopic (exact) mass is 219 g/mol. The zero-order valence-corrected chi connectivity index (χ0v) is 8.58. The molecule has 6 heteroatoms. The van der Waals surface area contributed by atoms with Crippen molar-refractivity contribution in [3.05, 3.63) is 40.3 Å². The molecular formula is C10H9N3O3. The minimum absolute atomic E-state index is 0.0142. The van der Waals surface area contributed by atoms with Crippen LogP contribution in [0.2, 0.25) is 0 Å². The topological polar surface area (TPSA) is 82.1 Å². The molecule has 1 heterocycles. The molecule has 0 fully saturated rings. The average molecular weight is 219 g/mol. The summed E-state index contributed by atoms with van der Waals surface area (Å²) in [7, 11) is 0. The fraction of sp³-hybridized carbons (Fsp3) is 0.200. The molecular weight excluding hydrogens is 210 g/mol. The fourth-order valence-corrected chi connectivity index (χ4v) is 1.27. The molecule has 2 rings (SSSR count). The lowest BCUT2D eigenvalue weighted by atomic mass is 10.2. The van der Waals surface area contributed by atoms with Crippen LogP contribution in [0.25, 0.3) is 11.4 Å². The number of rotatable bonds is 3. The maximum absolute atomic E-state index is 10.6. The lowest BCUT2D eigenvalue weighted by molar-refractivity contribution is -0.384. The van der Waals surface area contributed by atoms with Gasteiger partial charge in [0.05, 0.1) is 4.92 Å². The van der Waals surface area contributed by atoms with Crippen LogP contribution in [0, 0.1) is 10.1 Å². The van der Waals surface area contributed by atoms with Crippen molar-refractivity contribution in [2.45, 2.75) is 13.3 Å². The predicted octanol–water partition coefficient (Wildman–Crippen LogP) is 2.21. The molecule has 0 spiro atoms. The van der Waals surface area contributed by atoms with Crippen molar-refractivity contribution in [2.24, 2.45) is 0 Å². The molecule has 0 aliphatic heterocycles. The number of aryl methyl sites for hydroxylation is 1. The van der Waals surface area contributed by atoms with E-state index >= 15 is 0 Å². The van der Waals surface area contributed by atoms with Crippen LogP contribution >= 0.6 is 0 Å². The van der Waals surface area contributed by atoms with Gasteiger partial charge in [-0.15, -0.1) is 0 Å². The summed E-state index contributed by atoms with van der Waals surface area (Å²) in [6.45, 7) is 1.89. The Morgan fingerprint density at radius 3 is 2.94 bits per heavy atom. The summed E-state index contributed by atoms with van der Waals surface area (Å²) in [5, 5.41) is 14.3. The van der Waals surface area contributed by atoms with Gasteiger partial charge in [0.15, 0.2) is 0 Å². The average Bonchev–Trinajstić information content (AvgIpc) is 2.77. The largest absolute Gasteiger partial charge is 0.339 e. The Labute approximate surface area is 91.1 Å². The first-order valence-corrected chi connectivity index (χ1v) is 4.78. The molecule has 0 aliphatic rings. The molecule has 0 atom stereocenters. The van der Waals surface area contributed by atoms with Gasteiger partial charge in [0.2, 0.25) is 11.7 Å². The summed E-state index contributed by atoms with van der Waals surface area (Å²) in [5.41, 5.74) is 0.595. The maximum atomic E-state index is 10.6. The number of aromatic nitrogens is 2. The molecule has 0 N–H and O–H groups in total. The van der Waals surface area contributed by atoms with E-state index in [2.05, 4.69) is 10.1 Å². The van der Waals surface area contributed by atoms with Crippen LogP contribution < -0.4 is 0 Å². The first kappa shape index (κ1) is 10.3. The van der Waals surface area contributed by atoms with E-state index in [4.69, 9.17) is 4.52 Å². The first-order chi connectivity index (χ1) is 7.70. The van der Waals surface area contributed by atoms with E-state index in [0.717, 1.165) is 0 Å². The van der Waals surface area contributed by atoms with Crippen LogP contribution in [0.1, 0.15) is 12.8 Å². The molecule has 82 valence electrons. The summed E-state index contributed by atoms with van der Waals surface area (Å²) in [6, 6.07) is 6.14. The van der Waals surface area contributed by atoms with Crippen LogP contribution in [0.5, 0.6) is 0 Å². The summed E-state index contributed by atoms with van der Waals surface area (Å²) < 4.78 is 4.94. The highest BCUT2D eigenvalue weighted by Crippen LogP contribution is 2.21. The number of benzene rings is 1. The molecule has 0 bridgehead atoms. The summed E-state index contributed by atoms with van der Waals surface area (Å²) in [5.74, 6) is 0.891. The van der Waals surface area contributed by atoms with Crippen molar-refractivity contribution >= 4 is 5.69 Å². The summed E-state index contributed by atoms with van der Waals surface area (Å²) in [4.78, 5) is 14.2. The number of nitro benzene ring substituents is 1. The molecule has 0 saturated heterocycles. The molecule has 0 radical (unpaired) electrons. The second kappa shape index (κ2) is 4.09. The SMILES string of the molecule is CCc1nc(-c2cccc([N+](=O)[O-])c2)no1. The lowest BCUT2D eigenvalue weighted by Gasteiger charge is -1.94. The summed E-state index contributed by atoms with van der Waals surface area (Å²) >= 11 is 0. The molecule has 0 saturated carbocycles. The van der Waals surface area contributed by atoms with Crippen LogP contribution in [-0.4, -0.2) is 15.1 Å². The molecule has 0 aliphatic carbocycles. The third-order valence-corrected chi connectivity index (χ3v) is 2.09. The molecule has 16 heavy (non-hydrogen) atoms. The second-order valence-corrected chi connectivity index (χ2v) is 3.17. The molecule has 0 amide bonds.